The average Bonchev–Trinajstić information content (AvgIpc) is 2.64. The zero-order chi connectivity index (χ0) is 20.3. The first-order valence-corrected chi connectivity index (χ1v) is 8.08. The van der Waals surface area contributed by atoms with Crippen molar-refractivity contribution in [3.8, 4) is 0 Å². The Bertz CT molecular complexity index is 995. The van der Waals surface area contributed by atoms with Crippen molar-refractivity contribution >= 4 is 29.6 Å². The Morgan fingerprint density at radius 1 is 0.929 bits per heavy atom. The first kappa shape index (κ1) is 19.1. The van der Waals surface area contributed by atoms with Gasteiger partial charge in [0.15, 0.2) is 0 Å². The third-order valence-corrected chi connectivity index (χ3v) is 3.88. The van der Waals surface area contributed by atoms with Crippen LogP contribution in [0.3, 0.4) is 0 Å². The van der Waals surface area contributed by atoms with Crippen molar-refractivity contribution < 1.29 is 27.6 Å². The molecule has 0 bridgehead atoms. The number of allylic oxidation sites excluding steroid dienone is 2. The van der Waals surface area contributed by atoms with Crippen LogP contribution in [0.5, 0.6) is 0 Å². The molecule has 1 saturated heterocycles. The van der Waals surface area contributed by atoms with Gasteiger partial charge in [-0.3, -0.25) is 14.9 Å². The van der Waals surface area contributed by atoms with Gasteiger partial charge in [-0.1, -0.05) is 48.6 Å². The first-order chi connectivity index (χ1) is 13.3. The van der Waals surface area contributed by atoms with E-state index in [-0.39, 0.29) is 11.3 Å². The van der Waals surface area contributed by atoms with E-state index in [0.717, 1.165) is 17.7 Å². The summed E-state index contributed by atoms with van der Waals surface area (Å²) in [5.41, 5.74) is -0.863. The van der Waals surface area contributed by atoms with Crippen LogP contribution in [0.4, 0.5) is 23.7 Å². The molecule has 0 aliphatic carbocycles. The van der Waals surface area contributed by atoms with E-state index in [1.54, 1.807) is 30.3 Å². The lowest BCUT2D eigenvalue weighted by Crippen LogP contribution is -2.54. The zero-order valence-electron chi connectivity index (χ0n) is 14.2. The van der Waals surface area contributed by atoms with Gasteiger partial charge in [0.2, 0.25) is 0 Å². The van der Waals surface area contributed by atoms with Crippen LogP contribution >= 0.6 is 0 Å². The molecular weight excluding hydrogens is 373 g/mol. The molecule has 1 fully saturated rings. The molecule has 1 aliphatic rings. The first-order valence-electron chi connectivity index (χ1n) is 8.08. The fourth-order valence-electron chi connectivity index (χ4n) is 2.55. The van der Waals surface area contributed by atoms with Crippen LogP contribution in [0.25, 0.3) is 6.08 Å². The SMILES string of the molecule is O=C1NC(=O)N(c2cccc(C(F)(F)F)c2)C(=O)/C1=C\C=C\c1ccccc1. The number of urea groups is 1. The molecule has 0 unspecified atom stereocenters. The Kier molecular flexibility index (Phi) is 5.12. The maximum Gasteiger partial charge on any atom is 0.416 e. The summed E-state index contributed by atoms with van der Waals surface area (Å²) in [5.74, 6) is -1.93. The topological polar surface area (TPSA) is 66.5 Å². The van der Waals surface area contributed by atoms with Crippen LogP contribution in [0, 0.1) is 0 Å². The number of hydrogen-bond acceptors (Lipinski definition) is 3. The highest BCUT2D eigenvalue weighted by Crippen LogP contribution is 2.32. The predicted octanol–water partition coefficient (Wildman–Crippen LogP) is 3.93. The highest BCUT2D eigenvalue weighted by molar-refractivity contribution is 6.37. The largest absolute Gasteiger partial charge is 0.416 e. The number of imide groups is 2. The van der Waals surface area contributed by atoms with E-state index in [0.29, 0.717) is 11.0 Å². The molecule has 4 amide bonds. The van der Waals surface area contributed by atoms with E-state index in [1.165, 1.54) is 18.2 Å². The molecular formula is C20H13F3N2O3. The maximum atomic E-state index is 12.9. The number of carbonyl (C=O) groups excluding carboxylic acids is 3. The summed E-state index contributed by atoms with van der Waals surface area (Å²) in [6.07, 6.45) is -0.350. The van der Waals surface area contributed by atoms with Gasteiger partial charge in [-0.15, -0.1) is 0 Å². The number of nitrogens with zero attached hydrogens (tertiary/aromatic N) is 1. The Morgan fingerprint density at radius 2 is 1.64 bits per heavy atom. The van der Waals surface area contributed by atoms with Crippen molar-refractivity contribution in [1.29, 1.82) is 0 Å². The second kappa shape index (κ2) is 7.51. The number of hydrogen-bond donors (Lipinski definition) is 1. The fraction of sp³-hybridized carbons (Fsp3) is 0.0500. The van der Waals surface area contributed by atoms with Gasteiger partial charge in [-0.2, -0.15) is 13.2 Å². The molecule has 8 heteroatoms. The Labute approximate surface area is 157 Å². The molecule has 2 aromatic rings. The van der Waals surface area contributed by atoms with E-state index in [2.05, 4.69) is 0 Å². The van der Waals surface area contributed by atoms with Crippen LogP contribution in [0.2, 0.25) is 0 Å². The van der Waals surface area contributed by atoms with Gasteiger partial charge in [-0.05, 0) is 29.8 Å². The van der Waals surface area contributed by atoms with Crippen molar-refractivity contribution in [2.75, 3.05) is 4.90 Å². The highest BCUT2D eigenvalue weighted by Gasteiger charge is 2.38. The van der Waals surface area contributed by atoms with Gasteiger partial charge in [0.05, 0.1) is 11.3 Å². The summed E-state index contributed by atoms with van der Waals surface area (Å²) in [7, 11) is 0. The minimum Gasteiger partial charge on any atom is -0.273 e. The number of rotatable bonds is 3. The highest BCUT2D eigenvalue weighted by atomic mass is 19.4. The molecule has 28 heavy (non-hydrogen) atoms. The van der Waals surface area contributed by atoms with E-state index in [9.17, 15) is 27.6 Å². The summed E-state index contributed by atoms with van der Waals surface area (Å²) >= 11 is 0. The minimum atomic E-state index is -4.64. The van der Waals surface area contributed by atoms with Crippen molar-refractivity contribution in [3.05, 3.63) is 83.4 Å². The smallest absolute Gasteiger partial charge is 0.273 e. The summed E-state index contributed by atoms with van der Waals surface area (Å²) in [5, 5.41) is 1.96. The fourth-order valence-corrected chi connectivity index (χ4v) is 2.55. The third-order valence-electron chi connectivity index (χ3n) is 3.88. The molecule has 2 aromatic carbocycles. The van der Waals surface area contributed by atoms with Crippen LogP contribution in [0.1, 0.15) is 11.1 Å². The monoisotopic (exact) mass is 386 g/mol. The molecule has 0 aromatic heterocycles. The van der Waals surface area contributed by atoms with Crippen LogP contribution in [-0.2, 0) is 15.8 Å². The molecule has 1 aliphatic heterocycles. The molecule has 0 spiro atoms. The predicted molar refractivity (Wildman–Crippen MR) is 96.0 cm³/mol. The lowest BCUT2D eigenvalue weighted by Gasteiger charge is -2.26. The van der Waals surface area contributed by atoms with Gasteiger partial charge in [0.1, 0.15) is 5.57 Å². The minimum absolute atomic E-state index is 0.289. The van der Waals surface area contributed by atoms with Crippen molar-refractivity contribution in [3.63, 3.8) is 0 Å². The summed E-state index contributed by atoms with van der Waals surface area (Å²) in [6, 6.07) is 11.7. The summed E-state index contributed by atoms with van der Waals surface area (Å²) in [4.78, 5) is 37.2. The van der Waals surface area contributed by atoms with Gasteiger partial charge < -0.3 is 0 Å². The van der Waals surface area contributed by atoms with Gasteiger partial charge in [0.25, 0.3) is 11.8 Å². The quantitative estimate of drug-likeness (QED) is 0.642. The number of carbonyl (C=O) groups is 3. The molecule has 5 nitrogen and oxygen atoms in total. The van der Waals surface area contributed by atoms with Gasteiger partial charge >= 0.3 is 12.2 Å². The van der Waals surface area contributed by atoms with Crippen molar-refractivity contribution in [2.24, 2.45) is 0 Å². The number of amides is 4. The number of barbiturate groups is 1. The molecule has 1 heterocycles. The van der Waals surface area contributed by atoms with Crippen LogP contribution in [-0.4, -0.2) is 17.8 Å². The summed E-state index contributed by atoms with van der Waals surface area (Å²) < 4.78 is 38.8. The number of anilines is 1. The number of halogens is 3. The lowest BCUT2D eigenvalue weighted by atomic mass is 10.1. The number of nitrogens with one attached hydrogen (secondary N) is 1. The Balaban J connectivity index is 1.92. The second-order valence-electron chi connectivity index (χ2n) is 5.80. The van der Waals surface area contributed by atoms with E-state index >= 15 is 0 Å². The molecule has 3 rings (SSSR count). The maximum absolute atomic E-state index is 12.9. The Hall–Kier alpha value is -3.68. The van der Waals surface area contributed by atoms with Crippen LogP contribution < -0.4 is 10.2 Å². The van der Waals surface area contributed by atoms with E-state index in [1.807, 2.05) is 11.4 Å². The zero-order valence-corrected chi connectivity index (χ0v) is 14.2. The molecule has 0 saturated carbocycles. The molecule has 0 radical (unpaired) electrons. The van der Waals surface area contributed by atoms with Gasteiger partial charge in [0, 0.05) is 0 Å². The average molecular weight is 386 g/mol. The van der Waals surface area contributed by atoms with Crippen molar-refractivity contribution in [1.82, 2.24) is 5.32 Å². The lowest BCUT2D eigenvalue weighted by molar-refractivity contribution is -0.137. The van der Waals surface area contributed by atoms with E-state index < -0.39 is 29.6 Å². The number of benzene rings is 2. The molecule has 1 N–H and O–H groups in total. The van der Waals surface area contributed by atoms with Crippen LogP contribution in [0.15, 0.2) is 72.3 Å². The molecule has 142 valence electrons. The number of alkyl halides is 3. The normalized spacial score (nSPS) is 16.8. The molecule has 0 atom stereocenters. The standard InChI is InChI=1S/C20H13F3N2O3/c21-20(22,23)14-9-5-10-15(12-14)25-18(27)16(17(26)24-19(25)28)11-4-8-13-6-2-1-3-7-13/h1-12H,(H,24,26,28)/b8-4+,16-11-. The van der Waals surface area contributed by atoms with Crippen molar-refractivity contribution in [2.45, 2.75) is 6.18 Å². The summed E-state index contributed by atoms with van der Waals surface area (Å²) in [6.45, 7) is 0. The Morgan fingerprint density at radius 3 is 2.32 bits per heavy atom. The van der Waals surface area contributed by atoms with E-state index in [4.69, 9.17) is 0 Å². The third kappa shape index (κ3) is 4.01. The second-order valence-corrected chi connectivity index (χ2v) is 5.80. The van der Waals surface area contributed by atoms with Gasteiger partial charge in [-0.25, -0.2) is 9.69 Å².